The Labute approximate surface area is 109 Å². The summed E-state index contributed by atoms with van der Waals surface area (Å²) in [7, 11) is 0. The van der Waals surface area contributed by atoms with Gasteiger partial charge < -0.3 is 14.9 Å². The molecule has 2 N–H and O–H groups in total. The fourth-order valence-electron chi connectivity index (χ4n) is 2.12. The Morgan fingerprint density at radius 3 is 2.28 bits per heavy atom. The molecule has 0 radical (unpaired) electrons. The van der Waals surface area contributed by atoms with Crippen molar-refractivity contribution in [3.63, 3.8) is 0 Å². The van der Waals surface area contributed by atoms with Crippen molar-refractivity contribution in [1.29, 1.82) is 0 Å². The SMILES string of the molecule is Cc1cc(C)c([C@@H](CC(C)O)OCCO)cc1C. The van der Waals surface area contributed by atoms with E-state index in [0.717, 1.165) is 5.56 Å². The van der Waals surface area contributed by atoms with Crippen molar-refractivity contribution >= 4 is 0 Å². The summed E-state index contributed by atoms with van der Waals surface area (Å²) in [5.41, 5.74) is 4.75. The minimum Gasteiger partial charge on any atom is -0.394 e. The Balaban J connectivity index is 2.99. The highest BCUT2D eigenvalue weighted by Gasteiger charge is 2.17. The van der Waals surface area contributed by atoms with Crippen molar-refractivity contribution < 1.29 is 14.9 Å². The monoisotopic (exact) mass is 252 g/mol. The van der Waals surface area contributed by atoms with E-state index in [2.05, 4.69) is 32.9 Å². The van der Waals surface area contributed by atoms with Crippen LogP contribution >= 0.6 is 0 Å². The Morgan fingerprint density at radius 1 is 1.11 bits per heavy atom. The lowest BCUT2D eigenvalue weighted by Gasteiger charge is -2.22. The van der Waals surface area contributed by atoms with Gasteiger partial charge in [0.25, 0.3) is 0 Å². The highest BCUT2D eigenvalue weighted by atomic mass is 16.5. The quantitative estimate of drug-likeness (QED) is 0.817. The Bertz CT molecular complexity index is 386. The molecule has 0 aliphatic carbocycles. The van der Waals surface area contributed by atoms with Crippen molar-refractivity contribution in [2.45, 2.75) is 46.3 Å². The van der Waals surface area contributed by atoms with Gasteiger partial charge in [-0.3, -0.25) is 0 Å². The number of hydrogen-bond donors (Lipinski definition) is 2. The molecule has 0 aromatic heterocycles. The van der Waals surface area contributed by atoms with E-state index in [1.165, 1.54) is 16.7 Å². The zero-order valence-electron chi connectivity index (χ0n) is 11.7. The standard InChI is InChI=1S/C15H24O3/c1-10-7-12(3)14(8-11(10)2)15(9-13(4)17)18-6-5-16/h7-8,13,15-17H,5-6,9H2,1-4H3/t13?,15-/m1/s1. The van der Waals surface area contributed by atoms with Crippen LogP contribution in [0.5, 0.6) is 0 Å². The average molecular weight is 252 g/mol. The van der Waals surface area contributed by atoms with Gasteiger partial charge in [0.05, 0.1) is 25.4 Å². The number of hydrogen-bond acceptors (Lipinski definition) is 3. The second-order valence-corrected chi connectivity index (χ2v) is 4.96. The van der Waals surface area contributed by atoms with Crippen molar-refractivity contribution in [3.8, 4) is 0 Å². The number of aliphatic hydroxyl groups is 2. The maximum atomic E-state index is 9.56. The minimum atomic E-state index is -0.422. The summed E-state index contributed by atoms with van der Waals surface area (Å²) < 4.78 is 5.65. The molecule has 3 heteroatoms. The van der Waals surface area contributed by atoms with Gasteiger partial charge in [-0.05, 0) is 49.9 Å². The first kappa shape index (κ1) is 15.2. The number of ether oxygens (including phenoxy) is 1. The molecule has 2 atom stereocenters. The lowest BCUT2D eigenvalue weighted by molar-refractivity contribution is -0.000218. The number of aryl methyl sites for hydroxylation is 3. The van der Waals surface area contributed by atoms with E-state index >= 15 is 0 Å². The third kappa shape index (κ3) is 4.09. The van der Waals surface area contributed by atoms with Gasteiger partial charge in [-0.15, -0.1) is 0 Å². The summed E-state index contributed by atoms with van der Waals surface area (Å²) >= 11 is 0. The van der Waals surface area contributed by atoms with Gasteiger partial charge in [-0.2, -0.15) is 0 Å². The van der Waals surface area contributed by atoms with Crippen molar-refractivity contribution in [2.24, 2.45) is 0 Å². The second kappa shape index (κ2) is 6.88. The largest absolute Gasteiger partial charge is 0.394 e. The van der Waals surface area contributed by atoms with E-state index in [0.29, 0.717) is 13.0 Å². The zero-order valence-corrected chi connectivity index (χ0v) is 11.7. The third-order valence-corrected chi connectivity index (χ3v) is 3.19. The van der Waals surface area contributed by atoms with Crippen LogP contribution in [0.3, 0.4) is 0 Å². The van der Waals surface area contributed by atoms with E-state index in [1.807, 2.05) is 0 Å². The highest BCUT2D eigenvalue weighted by molar-refractivity contribution is 5.37. The van der Waals surface area contributed by atoms with Crippen LogP contribution in [-0.4, -0.2) is 29.5 Å². The molecule has 0 saturated heterocycles. The van der Waals surface area contributed by atoms with Crippen molar-refractivity contribution in [1.82, 2.24) is 0 Å². The molecule has 0 spiro atoms. The lowest BCUT2D eigenvalue weighted by Crippen LogP contribution is -2.15. The Kier molecular flexibility index (Phi) is 5.79. The molecule has 1 aromatic rings. The number of benzene rings is 1. The first-order chi connectivity index (χ1) is 8.45. The van der Waals surface area contributed by atoms with E-state index in [-0.39, 0.29) is 12.7 Å². The molecule has 0 fully saturated rings. The van der Waals surface area contributed by atoms with Gasteiger partial charge in [0, 0.05) is 6.42 Å². The average Bonchev–Trinajstić information content (AvgIpc) is 2.29. The molecule has 0 amide bonds. The zero-order chi connectivity index (χ0) is 13.7. The summed E-state index contributed by atoms with van der Waals surface area (Å²) in [4.78, 5) is 0. The van der Waals surface area contributed by atoms with Gasteiger partial charge in [0.1, 0.15) is 0 Å². The van der Waals surface area contributed by atoms with Crippen molar-refractivity contribution in [2.75, 3.05) is 13.2 Å². The van der Waals surface area contributed by atoms with Crippen LogP contribution in [0.2, 0.25) is 0 Å². The molecular weight excluding hydrogens is 228 g/mol. The molecule has 0 bridgehead atoms. The van der Waals surface area contributed by atoms with Crippen LogP contribution < -0.4 is 0 Å². The maximum absolute atomic E-state index is 9.56. The summed E-state index contributed by atoms with van der Waals surface area (Å²) in [5.74, 6) is 0. The van der Waals surface area contributed by atoms with Crippen LogP contribution in [-0.2, 0) is 4.74 Å². The molecular formula is C15H24O3. The van der Waals surface area contributed by atoms with Gasteiger partial charge in [0.2, 0.25) is 0 Å². The van der Waals surface area contributed by atoms with E-state index < -0.39 is 6.10 Å². The normalized spacial score (nSPS) is 14.6. The first-order valence-corrected chi connectivity index (χ1v) is 6.44. The van der Waals surface area contributed by atoms with Gasteiger partial charge in [-0.1, -0.05) is 12.1 Å². The molecule has 102 valence electrons. The minimum absolute atomic E-state index is 0.000199. The Morgan fingerprint density at radius 2 is 1.72 bits per heavy atom. The third-order valence-electron chi connectivity index (χ3n) is 3.19. The summed E-state index contributed by atoms with van der Waals surface area (Å²) in [6, 6.07) is 4.26. The molecule has 0 saturated carbocycles. The van der Waals surface area contributed by atoms with Crippen LogP contribution in [0.15, 0.2) is 12.1 Å². The van der Waals surface area contributed by atoms with Crippen LogP contribution in [0, 0.1) is 20.8 Å². The maximum Gasteiger partial charge on any atom is 0.0853 e. The van der Waals surface area contributed by atoms with Gasteiger partial charge in [0.15, 0.2) is 0 Å². The predicted octanol–water partition coefficient (Wildman–Crippen LogP) is 2.43. The van der Waals surface area contributed by atoms with E-state index in [9.17, 15) is 5.11 Å². The molecule has 3 nitrogen and oxygen atoms in total. The van der Waals surface area contributed by atoms with Crippen LogP contribution in [0.4, 0.5) is 0 Å². The van der Waals surface area contributed by atoms with Crippen molar-refractivity contribution in [3.05, 3.63) is 34.4 Å². The fourth-order valence-corrected chi connectivity index (χ4v) is 2.12. The fraction of sp³-hybridized carbons (Fsp3) is 0.600. The molecule has 18 heavy (non-hydrogen) atoms. The summed E-state index contributed by atoms with van der Waals surface area (Å²) in [5, 5.41) is 18.4. The smallest absolute Gasteiger partial charge is 0.0853 e. The van der Waals surface area contributed by atoms with Crippen LogP contribution in [0.1, 0.15) is 41.7 Å². The molecule has 0 aliphatic heterocycles. The predicted molar refractivity (Wildman–Crippen MR) is 72.7 cm³/mol. The molecule has 0 heterocycles. The molecule has 1 aromatic carbocycles. The van der Waals surface area contributed by atoms with E-state index in [1.54, 1.807) is 6.92 Å². The summed E-state index contributed by atoms with van der Waals surface area (Å²) in [6.07, 6.45) is -0.0327. The Hall–Kier alpha value is -0.900. The van der Waals surface area contributed by atoms with Gasteiger partial charge in [-0.25, -0.2) is 0 Å². The topological polar surface area (TPSA) is 49.7 Å². The number of rotatable bonds is 6. The van der Waals surface area contributed by atoms with Crippen LogP contribution in [0.25, 0.3) is 0 Å². The lowest BCUT2D eigenvalue weighted by atomic mass is 9.94. The number of aliphatic hydroxyl groups excluding tert-OH is 2. The highest BCUT2D eigenvalue weighted by Crippen LogP contribution is 2.28. The summed E-state index contributed by atoms with van der Waals surface area (Å²) in [6.45, 7) is 8.27. The first-order valence-electron chi connectivity index (χ1n) is 6.44. The van der Waals surface area contributed by atoms with Gasteiger partial charge >= 0.3 is 0 Å². The second-order valence-electron chi connectivity index (χ2n) is 4.96. The van der Waals surface area contributed by atoms with E-state index in [4.69, 9.17) is 9.84 Å². The molecule has 0 aliphatic rings. The molecule has 1 rings (SSSR count). The molecule has 1 unspecified atom stereocenters.